The molecular formula is C14H23NO2. The highest BCUT2D eigenvalue weighted by Gasteiger charge is 2.05. The van der Waals surface area contributed by atoms with E-state index in [1.165, 1.54) is 19.3 Å². The number of nitrogens with zero attached hydrogens (tertiary/aromatic N) is 1. The first-order chi connectivity index (χ1) is 8.22. The summed E-state index contributed by atoms with van der Waals surface area (Å²) >= 11 is 0. The van der Waals surface area contributed by atoms with E-state index in [0.717, 1.165) is 18.4 Å². The summed E-state index contributed by atoms with van der Waals surface area (Å²) in [5.74, 6) is 0.586. The van der Waals surface area contributed by atoms with Gasteiger partial charge in [0.15, 0.2) is 0 Å². The quantitative estimate of drug-likeness (QED) is 0.706. The van der Waals surface area contributed by atoms with Gasteiger partial charge in [0, 0.05) is 12.3 Å². The Hall–Kier alpha value is -1.09. The van der Waals surface area contributed by atoms with Gasteiger partial charge in [-0.25, -0.2) is 4.98 Å². The summed E-state index contributed by atoms with van der Waals surface area (Å²) in [6.45, 7) is 4.50. The third-order valence-corrected chi connectivity index (χ3v) is 2.70. The SMILES string of the molecule is CCCCCCC(O)COc1ccc(C)cn1. The van der Waals surface area contributed by atoms with Crippen LogP contribution in [0.5, 0.6) is 5.88 Å². The van der Waals surface area contributed by atoms with E-state index in [1.807, 2.05) is 19.1 Å². The monoisotopic (exact) mass is 237 g/mol. The van der Waals surface area contributed by atoms with E-state index in [0.29, 0.717) is 12.5 Å². The summed E-state index contributed by atoms with van der Waals surface area (Å²) in [6, 6.07) is 3.79. The Morgan fingerprint density at radius 2 is 2.12 bits per heavy atom. The van der Waals surface area contributed by atoms with Crippen molar-refractivity contribution in [2.24, 2.45) is 0 Å². The zero-order valence-electron chi connectivity index (χ0n) is 10.9. The van der Waals surface area contributed by atoms with Gasteiger partial charge in [-0.2, -0.15) is 0 Å². The topological polar surface area (TPSA) is 42.4 Å². The highest BCUT2D eigenvalue weighted by atomic mass is 16.5. The Balaban J connectivity index is 2.14. The maximum Gasteiger partial charge on any atom is 0.213 e. The number of pyridine rings is 1. The summed E-state index contributed by atoms with van der Waals surface area (Å²) in [5.41, 5.74) is 1.11. The third kappa shape index (κ3) is 6.27. The number of rotatable bonds is 8. The second-order valence-corrected chi connectivity index (χ2v) is 4.49. The molecule has 96 valence electrons. The van der Waals surface area contributed by atoms with Gasteiger partial charge in [-0.15, -0.1) is 0 Å². The molecule has 1 rings (SSSR count). The average molecular weight is 237 g/mol. The number of aliphatic hydroxyl groups is 1. The van der Waals surface area contributed by atoms with Crippen molar-refractivity contribution >= 4 is 0 Å². The van der Waals surface area contributed by atoms with Crippen LogP contribution in [-0.4, -0.2) is 22.8 Å². The predicted octanol–water partition coefficient (Wildman–Crippen LogP) is 3.10. The van der Waals surface area contributed by atoms with Crippen LogP contribution in [0, 0.1) is 6.92 Å². The number of aromatic nitrogens is 1. The Labute approximate surface area is 104 Å². The van der Waals surface area contributed by atoms with Crippen molar-refractivity contribution in [1.82, 2.24) is 4.98 Å². The molecule has 0 aromatic carbocycles. The van der Waals surface area contributed by atoms with E-state index in [-0.39, 0.29) is 6.10 Å². The minimum atomic E-state index is -0.380. The van der Waals surface area contributed by atoms with E-state index >= 15 is 0 Å². The molecule has 0 aliphatic rings. The standard InChI is InChI=1S/C14H23NO2/c1-3-4-5-6-7-13(16)11-17-14-9-8-12(2)10-15-14/h8-10,13,16H,3-7,11H2,1-2H3. The second kappa shape index (κ2) is 8.07. The third-order valence-electron chi connectivity index (χ3n) is 2.70. The predicted molar refractivity (Wildman–Crippen MR) is 69.2 cm³/mol. The molecule has 0 fully saturated rings. The molecule has 1 unspecified atom stereocenters. The largest absolute Gasteiger partial charge is 0.475 e. The van der Waals surface area contributed by atoms with Crippen molar-refractivity contribution < 1.29 is 9.84 Å². The van der Waals surface area contributed by atoms with Crippen molar-refractivity contribution in [2.45, 2.75) is 52.1 Å². The lowest BCUT2D eigenvalue weighted by molar-refractivity contribution is 0.0951. The van der Waals surface area contributed by atoms with Crippen molar-refractivity contribution in [3.8, 4) is 5.88 Å². The molecule has 1 heterocycles. The molecule has 0 spiro atoms. The van der Waals surface area contributed by atoms with Crippen LogP contribution in [-0.2, 0) is 0 Å². The number of unbranched alkanes of at least 4 members (excludes halogenated alkanes) is 3. The minimum absolute atomic E-state index is 0.336. The van der Waals surface area contributed by atoms with Crippen LogP contribution in [0.3, 0.4) is 0 Å². The zero-order chi connectivity index (χ0) is 12.5. The van der Waals surface area contributed by atoms with Gasteiger partial charge in [-0.3, -0.25) is 0 Å². The Bertz CT molecular complexity index is 298. The molecule has 3 nitrogen and oxygen atoms in total. The second-order valence-electron chi connectivity index (χ2n) is 4.49. The fourth-order valence-corrected chi connectivity index (χ4v) is 1.61. The van der Waals surface area contributed by atoms with Gasteiger partial charge in [-0.1, -0.05) is 38.7 Å². The summed E-state index contributed by atoms with van der Waals surface area (Å²) in [4.78, 5) is 4.13. The van der Waals surface area contributed by atoms with Crippen molar-refractivity contribution in [3.05, 3.63) is 23.9 Å². The summed E-state index contributed by atoms with van der Waals surface area (Å²) in [5, 5.41) is 9.71. The molecule has 0 saturated carbocycles. The Kier molecular flexibility index (Phi) is 6.63. The highest BCUT2D eigenvalue weighted by Crippen LogP contribution is 2.09. The van der Waals surface area contributed by atoms with Crippen LogP contribution < -0.4 is 4.74 Å². The van der Waals surface area contributed by atoms with E-state index in [9.17, 15) is 5.11 Å². The van der Waals surface area contributed by atoms with Crippen molar-refractivity contribution in [2.75, 3.05) is 6.61 Å². The molecule has 0 radical (unpaired) electrons. The fraction of sp³-hybridized carbons (Fsp3) is 0.643. The molecule has 0 bridgehead atoms. The first-order valence-electron chi connectivity index (χ1n) is 6.46. The van der Waals surface area contributed by atoms with E-state index in [1.54, 1.807) is 6.20 Å². The molecule has 0 amide bonds. The first kappa shape index (κ1) is 14.0. The van der Waals surface area contributed by atoms with Gasteiger partial charge in [0.05, 0.1) is 6.10 Å². The van der Waals surface area contributed by atoms with E-state index < -0.39 is 0 Å². The van der Waals surface area contributed by atoms with Crippen LogP contribution in [0.2, 0.25) is 0 Å². The molecule has 3 heteroatoms. The highest BCUT2D eigenvalue weighted by molar-refractivity contribution is 5.16. The molecule has 0 aliphatic carbocycles. The zero-order valence-corrected chi connectivity index (χ0v) is 10.9. The van der Waals surface area contributed by atoms with Crippen LogP contribution >= 0.6 is 0 Å². The van der Waals surface area contributed by atoms with Gasteiger partial charge < -0.3 is 9.84 Å². The van der Waals surface area contributed by atoms with E-state index in [4.69, 9.17) is 4.74 Å². The minimum Gasteiger partial charge on any atom is -0.475 e. The van der Waals surface area contributed by atoms with Gasteiger partial charge in [0.1, 0.15) is 6.61 Å². The Morgan fingerprint density at radius 3 is 2.76 bits per heavy atom. The summed E-state index contributed by atoms with van der Waals surface area (Å²) in [7, 11) is 0. The van der Waals surface area contributed by atoms with Crippen molar-refractivity contribution in [3.63, 3.8) is 0 Å². The summed E-state index contributed by atoms with van der Waals surface area (Å²) < 4.78 is 5.42. The number of aryl methyl sites for hydroxylation is 1. The van der Waals surface area contributed by atoms with E-state index in [2.05, 4.69) is 11.9 Å². The normalized spacial score (nSPS) is 12.4. The molecule has 1 aromatic rings. The lowest BCUT2D eigenvalue weighted by atomic mass is 10.1. The van der Waals surface area contributed by atoms with Crippen LogP contribution in [0.25, 0.3) is 0 Å². The first-order valence-corrected chi connectivity index (χ1v) is 6.46. The number of hydrogen-bond donors (Lipinski definition) is 1. The van der Waals surface area contributed by atoms with Gasteiger partial charge in [-0.05, 0) is 18.9 Å². The molecule has 1 N–H and O–H groups in total. The lowest BCUT2D eigenvalue weighted by Gasteiger charge is -2.11. The average Bonchev–Trinajstić information content (AvgIpc) is 2.34. The number of ether oxygens (including phenoxy) is 1. The molecular weight excluding hydrogens is 214 g/mol. The van der Waals surface area contributed by atoms with Crippen LogP contribution in [0.1, 0.15) is 44.6 Å². The number of aliphatic hydroxyl groups excluding tert-OH is 1. The lowest BCUT2D eigenvalue weighted by Crippen LogP contribution is -2.17. The molecule has 0 aliphatic heterocycles. The Morgan fingerprint density at radius 1 is 1.29 bits per heavy atom. The van der Waals surface area contributed by atoms with Gasteiger partial charge in [0.2, 0.25) is 5.88 Å². The maximum absolute atomic E-state index is 9.71. The van der Waals surface area contributed by atoms with Crippen molar-refractivity contribution in [1.29, 1.82) is 0 Å². The van der Waals surface area contributed by atoms with Crippen LogP contribution in [0.4, 0.5) is 0 Å². The van der Waals surface area contributed by atoms with Crippen LogP contribution in [0.15, 0.2) is 18.3 Å². The smallest absolute Gasteiger partial charge is 0.213 e. The summed E-state index contributed by atoms with van der Waals surface area (Å²) in [6.07, 6.45) is 6.92. The molecule has 1 aromatic heterocycles. The van der Waals surface area contributed by atoms with Gasteiger partial charge in [0.25, 0.3) is 0 Å². The van der Waals surface area contributed by atoms with Gasteiger partial charge >= 0.3 is 0 Å². The number of hydrogen-bond acceptors (Lipinski definition) is 3. The maximum atomic E-state index is 9.71. The molecule has 1 atom stereocenters. The molecule has 0 saturated heterocycles. The fourth-order valence-electron chi connectivity index (χ4n) is 1.61. The molecule has 17 heavy (non-hydrogen) atoms.